The van der Waals surface area contributed by atoms with Gasteiger partial charge < -0.3 is 0 Å². The first-order valence-electron chi connectivity index (χ1n) is 9.89. The fraction of sp³-hybridized carbons (Fsp3) is 0.545. The monoisotopic (exact) mass is 401 g/mol. The van der Waals surface area contributed by atoms with Gasteiger partial charge in [-0.25, -0.2) is 0 Å². The van der Waals surface area contributed by atoms with E-state index in [1.807, 2.05) is 13.8 Å². The summed E-state index contributed by atoms with van der Waals surface area (Å²) < 4.78 is 2.56. The molecule has 0 atom stereocenters. The van der Waals surface area contributed by atoms with Crippen LogP contribution in [-0.4, -0.2) is 21.9 Å². The number of fused-ring (bicyclic) bond motifs is 1. The van der Waals surface area contributed by atoms with Crippen molar-refractivity contribution in [3.8, 4) is 0 Å². The van der Waals surface area contributed by atoms with E-state index in [2.05, 4.69) is 6.92 Å². The van der Waals surface area contributed by atoms with Crippen LogP contribution in [0.2, 0.25) is 0 Å². The fourth-order valence-corrected chi connectivity index (χ4v) is 5.14. The summed E-state index contributed by atoms with van der Waals surface area (Å²) >= 11 is 1.17. The van der Waals surface area contributed by atoms with Gasteiger partial charge in [-0.2, -0.15) is 0 Å². The Kier molecular flexibility index (Phi) is 5.71. The van der Waals surface area contributed by atoms with Gasteiger partial charge in [-0.05, 0) is 36.5 Å². The van der Waals surface area contributed by atoms with Crippen molar-refractivity contribution in [1.29, 1.82) is 0 Å². The summed E-state index contributed by atoms with van der Waals surface area (Å²) in [5.74, 6) is -2.22. The number of ketones is 3. The van der Waals surface area contributed by atoms with E-state index in [4.69, 9.17) is 0 Å². The largest absolute Gasteiger partial charge is 0.308 e. The number of hydrogen-bond acceptors (Lipinski definition) is 5. The predicted molar refractivity (Wildman–Crippen MR) is 111 cm³/mol. The zero-order chi connectivity index (χ0) is 20.6. The minimum absolute atomic E-state index is 0.0367. The fourth-order valence-electron chi connectivity index (χ4n) is 4.16. The molecule has 0 N–H and O–H groups in total. The van der Waals surface area contributed by atoms with Gasteiger partial charge in [0.1, 0.15) is 5.92 Å². The molecule has 1 aromatic carbocycles. The third kappa shape index (κ3) is 3.75. The summed E-state index contributed by atoms with van der Waals surface area (Å²) in [5.41, 5.74) is 1.42. The Hall–Kier alpha value is -2.08. The van der Waals surface area contributed by atoms with E-state index in [1.165, 1.54) is 11.3 Å². The maximum Gasteiger partial charge on any atom is 0.308 e. The van der Waals surface area contributed by atoms with Gasteiger partial charge in [0.2, 0.25) is 0 Å². The summed E-state index contributed by atoms with van der Waals surface area (Å²) in [6, 6.07) is 3.42. The predicted octanol–water partition coefficient (Wildman–Crippen LogP) is 4.32. The molecule has 0 radical (unpaired) electrons. The van der Waals surface area contributed by atoms with Crippen LogP contribution < -0.4 is 4.87 Å². The zero-order valence-electron chi connectivity index (χ0n) is 17.0. The lowest BCUT2D eigenvalue weighted by Gasteiger charge is -2.31. The van der Waals surface area contributed by atoms with E-state index in [1.54, 1.807) is 23.6 Å². The summed E-state index contributed by atoms with van der Waals surface area (Å²) in [7, 11) is 0. The van der Waals surface area contributed by atoms with Gasteiger partial charge >= 0.3 is 4.87 Å². The molecule has 0 unspecified atom stereocenters. The lowest BCUT2D eigenvalue weighted by Crippen LogP contribution is -2.42. The van der Waals surface area contributed by atoms with E-state index in [0.29, 0.717) is 17.7 Å². The summed E-state index contributed by atoms with van der Waals surface area (Å²) in [5, 5.41) is 0. The maximum atomic E-state index is 13.1. The number of hydrogen-bond donors (Lipinski definition) is 0. The molecule has 1 aliphatic carbocycles. The number of Topliss-reactive ketones (excluding diaryl/α,β-unsaturated/α-hetero) is 3. The third-order valence-electron chi connectivity index (χ3n) is 5.54. The second kappa shape index (κ2) is 7.74. The highest BCUT2D eigenvalue weighted by Gasteiger charge is 2.44. The molecule has 0 bridgehead atoms. The molecule has 1 fully saturated rings. The number of benzene rings is 1. The lowest BCUT2D eigenvalue weighted by atomic mass is 9.69. The van der Waals surface area contributed by atoms with E-state index < -0.39 is 17.1 Å². The average molecular weight is 402 g/mol. The Morgan fingerprint density at radius 2 is 1.79 bits per heavy atom. The Bertz CT molecular complexity index is 991. The van der Waals surface area contributed by atoms with Crippen molar-refractivity contribution >= 4 is 38.9 Å². The Labute approximate surface area is 168 Å². The van der Waals surface area contributed by atoms with Gasteiger partial charge in [0.05, 0.1) is 10.2 Å². The number of nitrogens with zero attached hydrogens (tertiary/aromatic N) is 1. The average Bonchev–Trinajstić information content (AvgIpc) is 2.90. The van der Waals surface area contributed by atoms with Crippen molar-refractivity contribution < 1.29 is 14.4 Å². The van der Waals surface area contributed by atoms with Crippen molar-refractivity contribution in [3.05, 3.63) is 32.9 Å². The molecule has 6 heteroatoms. The van der Waals surface area contributed by atoms with Crippen LogP contribution in [0.5, 0.6) is 0 Å². The molecule has 1 aromatic heterocycles. The van der Waals surface area contributed by atoms with Crippen molar-refractivity contribution in [3.63, 3.8) is 0 Å². The second-order valence-corrected chi connectivity index (χ2v) is 9.55. The van der Waals surface area contributed by atoms with Crippen LogP contribution in [-0.2, 0) is 16.1 Å². The molecule has 0 aliphatic heterocycles. The number of carbonyl (C=O) groups excluding carboxylic acids is 3. The first kappa shape index (κ1) is 20.6. The standard InChI is InChI=1S/C22H27NO4S/c1-5-6-7-10-23-19-13(2)14(8-9-17(19)28-21(23)27)20(26)18-15(24)11-22(3,4)12-16(18)25/h8-9,18H,5-7,10-12H2,1-4H3. The van der Waals surface area contributed by atoms with Crippen LogP contribution >= 0.6 is 11.3 Å². The Morgan fingerprint density at radius 1 is 1.14 bits per heavy atom. The van der Waals surface area contributed by atoms with Gasteiger partial charge in [-0.1, -0.05) is 44.9 Å². The zero-order valence-corrected chi connectivity index (χ0v) is 17.8. The van der Waals surface area contributed by atoms with Crippen molar-refractivity contribution in [2.45, 2.75) is 66.3 Å². The van der Waals surface area contributed by atoms with Crippen LogP contribution in [0.15, 0.2) is 16.9 Å². The molecule has 28 heavy (non-hydrogen) atoms. The molecule has 0 saturated heterocycles. The van der Waals surface area contributed by atoms with Gasteiger partial charge in [0.15, 0.2) is 17.3 Å². The minimum atomic E-state index is -1.21. The molecule has 150 valence electrons. The number of aromatic nitrogens is 1. The summed E-state index contributed by atoms with van der Waals surface area (Å²) in [4.78, 5) is 50.7. The SMILES string of the molecule is CCCCCn1c(=O)sc2ccc(C(=O)C3C(=O)CC(C)(C)CC3=O)c(C)c21. The topological polar surface area (TPSA) is 73.2 Å². The molecule has 1 aliphatic rings. The maximum absolute atomic E-state index is 13.1. The molecule has 1 heterocycles. The summed E-state index contributed by atoms with van der Waals surface area (Å²) in [6.45, 7) is 8.28. The second-order valence-electron chi connectivity index (χ2n) is 8.56. The van der Waals surface area contributed by atoms with E-state index in [0.717, 1.165) is 29.5 Å². The molecule has 2 aromatic rings. The molecular formula is C22H27NO4S. The van der Waals surface area contributed by atoms with Crippen LogP contribution in [0.1, 0.15) is 68.8 Å². The first-order valence-corrected chi connectivity index (χ1v) is 10.7. The van der Waals surface area contributed by atoms with Gasteiger partial charge in [-0.3, -0.25) is 23.7 Å². The highest BCUT2D eigenvalue weighted by molar-refractivity contribution is 7.16. The number of rotatable bonds is 6. The lowest BCUT2D eigenvalue weighted by molar-refractivity contribution is -0.137. The molecule has 1 saturated carbocycles. The molecular weight excluding hydrogens is 374 g/mol. The van der Waals surface area contributed by atoms with Gasteiger partial charge in [-0.15, -0.1) is 0 Å². The summed E-state index contributed by atoms with van der Waals surface area (Å²) in [6.07, 6.45) is 3.45. The van der Waals surface area contributed by atoms with Crippen molar-refractivity contribution in [2.75, 3.05) is 0 Å². The number of thiazole rings is 1. The highest BCUT2D eigenvalue weighted by Crippen LogP contribution is 2.36. The normalized spacial score (nSPS) is 17.4. The Morgan fingerprint density at radius 3 is 2.39 bits per heavy atom. The molecule has 0 amide bonds. The third-order valence-corrected chi connectivity index (χ3v) is 6.49. The van der Waals surface area contributed by atoms with Gasteiger partial charge in [0, 0.05) is 24.9 Å². The van der Waals surface area contributed by atoms with Gasteiger partial charge in [0.25, 0.3) is 0 Å². The quantitative estimate of drug-likeness (QED) is 0.410. The van der Waals surface area contributed by atoms with Crippen LogP contribution in [0.3, 0.4) is 0 Å². The number of aryl methyl sites for hydroxylation is 2. The number of carbonyl (C=O) groups is 3. The van der Waals surface area contributed by atoms with E-state index in [-0.39, 0.29) is 29.3 Å². The molecule has 5 nitrogen and oxygen atoms in total. The molecule has 0 spiro atoms. The van der Waals surface area contributed by atoms with Crippen LogP contribution in [0, 0.1) is 18.3 Å². The van der Waals surface area contributed by atoms with E-state index in [9.17, 15) is 19.2 Å². The van der Waals surface area contributed by atoms with Crippen LogP contribution in [0.25, 0.3) is 10.2 Å². The number of unbranched alkanes of at least 4 members (excludes halogenated alkanes) is 2. The van der Waals surface area contributed by atoms with Crippen molar-refractivity contribution in [1.82, 2.24) is 4.57 Å². The van der Waals surface area contributed by atoms with Crippen molar-refractivity contribution in [2.24, 2.45) is 11.3 Å². The molecule has 3 rings (SSSR count). The smallest absolute Gasteiger partial charge is 0.298 e. The van der Waals surface area contributed by atoms with E-state index >= 15 is 0 Å². The van der Waals surface area contributed by atoms with Crippen LogP contribution in [0.4, 0.5) is 0 Å². The minimum Gasteiger partial charge on any atom is -0.298 e. The highest BCUT2D eigenvalue weighted by atomic mass is 32.1. The Balaban J connectivity index is 2.01. The first-order chi connectivity index (χ1) is 13.2.